The summed E-state index contributed by atoms with van der Waals surface area (Å²) in [4.78, 5) is 0. The second-order valence-electron chi connectivity index (χ2n) is 5.12. The van der Waals surface area contributed by atoms with E-state index in [4.69, 9.17) is 5.73 Å². The number of rotatable bonds is 0. The number of hydrogen-bond acceptors (Lipinski definition) is 0. The van der Waals surface area contributed by atoms with E-state index in [1.807, 2.05) is 20.8 Å². The molecule has 6 heteroatoms. The molecule has 0 saturated carbocycles. The van der Waals surface area contributed by atoms with E-state index >= 15 is 0 Å². The van der Waals surface area contributed by atoms with Crippen LogP contribution in [-0.2, 0) is 18.5 Å². The van der Waals surface area contributed by atoms with Crippen LogP contribution in [0.2, 0.25) is 13.1 Å². The van der Waals surface area contributed by atoms with Gasteiger partial charge in [-0.3, -0.25) is 0 Å². The van der Waals surface area contributed by atoms with E-state index in [1.165, 1.54) is 10.8 Å². The van der Waals surface area contributed by atoms with Gasteiger partial charge in [0.05, 0.1) is 0 Å². The molecule has 0 spiro atoms. The molecule has 0 unspecified atom stereocenters. The molecule has 2 aromatic carbocycles. The zero-order valence-electron chi connectivity index (χ0n) is 13.1. The summed E-state index contributed by atoms with van der Waals surface area (Å²) in [5.74, 6) is 0. The first kappa shape index (κ1) is 24.6. The van der Waals surface area contributed by atoms with E-state index in [1.54, 1.807) is 0 Å². The first-order chi connectivity index (χ1) is 9.69. The van der Waals surface area contributed by atoms with Gasteiger partial charge in [0.1, 0.15) is 0 Å². The normalized spacial score (nSPS) is 9.19. The number of hydrogen-bond donors (Lipinski definition) is 0. The third-order valence-corrected chi connectivity index (χ3v) is 2.04. The van der Waals surface area contributed by atoms with Crippen molar-refractivity contribution in [2.24, 2.45) is 0 Å². The zero-order valence-corrected chi connectivity index (χ0v) is 21.3. The van der Waals surface area contributed by atoms with Crippen molar-refractivity contribution in [1.82, 2.24) is 0 Å². The molecule has 2 rings (SSSR count). The van der Waals surface area contributed by atoms with Gasteiger partial charge >= 0.3 is 43.0 Å². The average Bonchev–Trinajstić information content (AvgIpc) is 2.68. The van der Waals surface area contributed by atoms with Gasteiger partial charge in [-0.1, -0.05) is 60.3 Å². The third-order valence-electron chi connectivity index (χ3n) is 1.58. The predicted octanol–water partition coefficient (Wildman–Crippen LogP) is 7.63. The van der Waals surface area contributed by atoms with Gasteiger partial charge < -0.3 is 5.73 Å². The Labute approximate surface area is 163 Å². The Bertz CT molecular complexity index is 428. The predicted molar refractivity (Wildman–Crippen MR) is 107 cm³/mol. The Balaban J connectivity index is 0. The van der Waals surface area contributed by atoms with Crippen LogP contribution in [0.15, 0.2) is 40.9 Å². The van der Waals surface area contributed by atoms with Crippen LogP contribution in [0.5, 0.6) is 0 Å². The molecule has 0 aliphatic carbocycles. The molecule has 2 radical (unpaired) electrons. The molecule has 116 valence electrons. The van der Waals surface area contributed by atoms with Crippen LogP contribution < -0.4 is 0 Å². The van der Waals surface area contributed by atoms with E-state index in [-0.39, 0.29) is 24.1 Å². The standard InChI is InChI=1S/C9H6Br.C4H10N.C2H6Si.2BrH.Zr/c10-9-5-7-3-1-2-4-8(7)6-9;1-4(2,3)5;1-3-2;;;/h1-6H;5H,1-3H3;1-2H3;2*1H;/q2*-1;;;;+4/p-2. The fourth-order valence-electron chi connectivity index (χ4n) is 1.11. The van der Waals surface area contributed by atoms with Gasteiger partial charge in [-0.15, -0.1) is 40.6 Å². The molecule has 2 aromatic rings. The molecule has 1 N–H and O–H groups in total. The number of benzene rings is 1. The van der Waals surface area contributed by atoms with Gasteiger partial charge in [-0.05, 0) is 0 Å². The Kier molecular flexibility index (Phi) is 17.4. The van der Waals surface area contributed by atoms with Crippen molar-refractivity contribution in [3.8, 4) is 0 Å². The van der Waals surface area contributed by atoms with Gasteiger partial charge in [-0.25, -0.2) is 0 Å². The molecule has 1 nitrogen and oxygen atoms in total. The monoisotopic (exact) mass is 571 g/mol. The maximum absolute atomic E-state index is 6.94. The van der Waals surface area contributed by atoms with Crippen molar-refractivity contribution in [2.75, 3.05) is 0 Å². The SMILES string of the molecule is Brc1cc2ccccc2[cH-]1.CC(C)(C)[NH-].C[Si]C.[Br][Zr+2][Br]. The van der Waals surface area contributed by atoms with Crippen LogP contribution in [0.25, 0.3) is 16.5 Å². The van der Waals surface area contributed by atoms with E-state index in [2.05, 4.69) is 89.9 Å². The molecular weight excluding hydrogens is 553 g/mol. The van der Waals surface area contributed by atoms with Gasteiger partial charge in [0.2, 0.25) is 0 Å². The van der Waals surface area contributed by atoms with Crippen molar-refractivity contribution < 1.29 is 18.5 Å². The van der Waals surface area contributed by atoms with Crippen LogP contribution in [0.1, 0.15) is 20.8 Å². The Morgan fingerprint density at radius 3 is 1.90 bits per heavy atom. The molecule has 0 bridgehead atoms. The summed E-state index contributed by atoms with van der Waals surface area (Å²) < 4.78 is 1.16. The molecule has 21 heavy (non-hydrogen) atoms. The molecule has 0 atom stereocenters. The van der Waals surface area contributed by atoms with Crippen LogP contribution in [0.4, 0.5) is 0 Å². The second kappa shape index (κ2) is 14.9. The van der Waals surface area contributed by atoms with E-state index in [0.29, 0.717) is 0 Å². The summed E-state index contributed by atoms with van der Waals surface area (Å²) in [6.45, 7) is 9.87. The first-order valence-electron chi connectivity index (χ1n) is 6.30. The Morgan fingerprint density at radius 2 is 1.52 bits per heavy atom. The number of halogens is 3. The topological polar surface area (TPSA) is 23.8 Å². The summed E-state index contributed by atoms with van der Waals surface area (Å²) >= 11 is 9.74. The van der Waals surface area contributed by atoms with Crippen LogP contribution in [0, 0.1) is 0 Å². The van der Waals surface area contributed by atoms with Crippen molar-refractivity contribution in [3.63, 3.8) is 0 Å². The van der Waals surface area contributed by atoms with Crippen molar-refractivity contribution in [2.45, 2.75) is 39.4 Å². The van der Waals surface area contributed by atoms with Crippen molar-refractivity contribution in [1.29, 1.82) is 0 Å². The molecule has 0 aliphatic rings. The maximum atomic E-state index is 6.94. The van der Waals surface area contributed by atoms with Gasteiger partial charge in [-0.2, -0.15) is 6.07 Å². The van der Waals surface area contributed by atoms with Gasteiger partial charge in [0.25, 0.3) is 0 Å². The first-order valence-corrected chi connectivity index (χ1v) is 20.3. The summed E-state index contributed by atoms with van der Waals surface area (Å²) in [6.07, 6.45) is 0. The molecule has 0 aliphatic heterocycles. The summed E-state index contributed by atoms with van der Waals surface area (Å²) in [5, 5.41) is 2.60. The Hall–Kier alpha value is 1.33. The van der Waals surface area contributed by atoms with E-state index in [9.17, 15) is 0 Å². The molecule has 0 fully saturated rings. The Morgan fingerprint density at radius 1 is 1.14 bits per heavy atom. The van der Waals surface area contributed by atoms with Gasteiger partial charge in [0.15, 0.2) is 0 Å². The minimum atomic E-state index is -0.250. The van der Waals surface area contributed by atoms with Crippen LogP contribution in [-0.4, -0.2) is 15.1 Å². The zero-order chi connectivity index (χ0) is 16.9. The fraction of sp³-hybridized carbons (Fsp3) is 0.400. The van der Waals surface area contributed by atoms with Crippen LogP contribution in [0.3, 0.4) is 0 Å². The van der Waals surface area contributed by atoms with E-state index < -0.39 is 0 Å². The molecule has 0 aromatic heterocycles. The summed E-state index contributed by atoms with van der Waals surface area (Å²) in [6, 6.07) is 12.6. The molecular formula is C15H22Br3NSiZr. The summed E-state index contributed by atoms with van der Waals surface area (Å²) in [5.41, 5.74) is 6.69. The number of nitrogens with one attached hydrogen (secondary N) is 1. The number of fused-ring (bicyclic) bond motifs is 1. The average molecular weight is 575 g/mol. The second-order valence-corrected chi connectivity index (χ2v) is 18.4. The quantitative estimate of drug-likeness (QED) is 0.228. The fourth-order valence-corrected chi connectivity index (χ4v) is 1.61. The van der Waals surface area contributed by atoms with E-state index in [0.717, 1.165) is 14.0 Å². The van der Waals surface area contributed by atoms with Crippen LogP contribution >= 0.6 is 40.4 Å². The molecule has 0 saturated heterocycles. The van der Waals surface area contributed by atoms with Crippen molar-refractivity contribution >= 4 is 60.7 Å². The third kappa shape index (κ3) is 19.3. The van der Waals surface area contributed by atoms with Crippen molar-refractivity contribution in [3.05, 3.63) is 46.6 Å². The summed E-state index contributed by atoms with van der Waals surface area (Å²) in [7, 11) is 1.08. The molecule has 0 heterocycles. The minimum absolute atomic E-state index is 0.145. The van der Waals surface area contributed by atoms with Gasteiger partial charge in [0, 0.05) is 9.52 Å². The molecule has 0 amide bonds.